The number of nitrogens with two attached hydrogens (primary N) is 1. The number of carbonyl (C=O) groups excluding carboxylic acids is 1. The highest BCUT2D eigenvalue weighted by molar-refractivity contribution is 5.89. The average Bonchev–Trinajstić information content (AvgIpc) is 2.68. The molecule has 1 heterocycles. The Morgan fingerprint density at radius 1 is 1.45 bits per heavy atom. The minimum atomic E-state index is -0.863. The molecule has 0 aromatic heterocycles. The summed E-state index contributed by atoms with van der Waals surface area (Å²) in [4.78, 5) is 12.7. The molecule has 1 amide bonds. The Hall–Kier alpha value is -0.650. The molecule has 1 aliphatic heterocycles. The third-order valence-corrected chi connectivity index (χ3v) is 5.52. The molecule has 1 saturated heterocycles. The summed E-state index contributed by atoms with van der Waals surface area (Å²) in [7, 11) is 0. The number of carbonyl (C=O) groups is 1. The van der Waals surface area contributed by atoms with Crippen LogP contribution in [0.15, 0.2) is 0 Å². The highest BCUT2D eigenvalue weighted by atomic mass is 16.5. The number of hydrogen-bond acceptors (Lipinski definition) is 4. The fraction of sp³-hybridized carbons (Fsp3) is 0.933. The first kappa shape index (κ1) is 15.7. The van der Waals surface area contributed by atoms with Crippen molar-refractivity contribution in [2.45, 2.75) is 70.7 Å². The molecule has 1 saturated carbocycles. The van der Waals surface area contributed by atoms with Gasteiger partial charge >= 0.3 is 0 Å². The highest BCUT2D eigenvalue weighted by Crippen LogP contribution is 2.50. The van der Waals surface area contributed by atoms with Gasteiger partial charge < -0.3 is 20.5 Å². The van der Waals surface area contributed by atoms with Gasteiger partial charge in [0.05, 0.1) is 17.7 Å². The second kappa shape index (κ2) is 4.97. The van der Waals surface area contributed by atoms with Gasteiger partial charge in [-0.05, 0) is 27.2 Å². The van der Waals surface area contributed by atoms with Crippen LogP contribution < -0.4 is 11.1 Å². The van der Waals surface area contributed by atoms with Crippen LogP contribution in [-0.2, 0) is 14.3 Å². The number of ether oxygens (including phenoxy) is 2. The first-order valence-electron chi connectivity index (χ1n) is 7.52. The van der Waals surface area contributed by atoms with Gasteiger partial charge in [-0.3, -0.25) is 4.79 Å². The summed E-state index contributed by atoms with van der Waals surface area (Å²) in [6.45, 7) is 11.3. The van der Waals surface area contributed by atoms with Crippen LogP contribution in [0.5, 0.6) is 0 Å². The van der Waals surface area contributed by atoms with Gasteiger partial charge in [-0.2, -0.15) is 0 Å². The Morgan fingerprint density at radius 2 is 2.10 bits per heavy atom. The Labute approximate surface area is 121 Å². The van der Waals surface area contributed by atoms with Crippen LogP contribution in [0.1, 0.15) is 47.5 Å². The van der Waals surface area contributed by atoms with Gasteiger partial charge in [-0.25, -0.2) is 0 Å². The molecule has 2 aliphatic rings. The van der Waals surface area contributed by atoms with Crippen LogP contribution in [0.3, 0.4) is 0 Å². The molecule has 1 aliphatic carbocycles. The van der Waals surface area contributed by atoms with Crippen molar-refractivity contribution in [3.05, 3.63) is 0 Å². The van der Waals surface area contributed by atoms with E-state index in [4.69, 9.17) is 15.2 Å². The lowest BCUT2D eigenvalue weighted by molar-refractivity contribution is -0.172. The van der Waals surface area contributed by atoms with Crippen LogP contribution in [0, 0.1) is 5.41 Å². The molecule has 4 atom stereocenters. The quantitative estimate of drug-likeness (QED) is 0.813. The Kier molecular flexibility index (Phi) is 3.91. The molecule has 4 unspecified atom stereocenters. The molecule has 20 heavy (non-hydrogen) atoms. The first-order chi connectivity index (χ1) is 9.17. The van der Waals surface area contributed by atoms with E-state index in [-0.39, 0.29) is 29.1 Å². The van der Waals surface area contributed by atoms with Crippen LogP contribution >= 0.6 is 0 Å². The lowest BCUT2D eigenvalue weighted by Crippen LogP contribution is -2.77. The Bertz CT molecular complexity index is 399. The monoisotopic (exact) mass is 284 g/mol. The first-order valence-corrected chi connectivity index (χ1v) is 7.52. The van der Waals surface area contributed by atoms with E-state index in [9.17, 15) is 4.79 Å². The summed E-state index contributed by atoms with van der Waals surface area (Å²) in [5.41, 5.74) is 4.85. The zero-order valence-electron chi connectivity index (χ0n) is 13.3. The number of hydrogen-bond donors (Lipinski definition) is 2. The normalized spacial score (nSPS) is 43.1. The lowest BCUT2D eigenvalue weighted by atomic mass is 9.54. The van der Waals surface area contributed by atoms with Gasteiger partial charge in [0.1, 0.15) is 5.54 Å². The topological polar surface area (TPSA) is 73.6 Å². The maximum Gasteiger partial charge on any atom is 0.241 e. The van der Waals surface area contributed by atoms with E-state index in [1.165, 1.54) is 0 Å². The summed E-state index contributed by atoms with van der Waals surface area (Å²) in [6, 6.07) is 0. The summed E-state index contributed by atoms with van der Waals surface area (Å²) in [5.74, 6) is -0.0849. The molecule has 3 N–H and O–H groups in total. The molecule has 0 aromatic carbocycles. The smallest absolute Gasteiger partial charge is 0.241 e. The minimum Gasteiger partial charge on any atom is -0.378 e. The maximum atomic E-state index is 12.7. The van der Waals surface area contributed by atoms with E-state index in [2.05, 4.69) is 5.32 Å². The van der Waals surface area contributed by atoms with Crippen LogP contribution in [-0.4, -0.2) is 42.4 Å². The second-order valence-electron chi connectivity index (χ2n) is 6.98. The third kappa shape index (κ3) is 2.16. The molecule has 0 aromatic rings. The van der Waals surface area contributed by atoms with Crippen molar-refractivity contribution >= 4 is 5.91 Å². The van der Waals surface area contributed by atoms with Crippen molar-refractivity contribution in [3.8, 4) is 0 Å². The number of rotatable bonds is 4. The summed E-state index contributed by atoms with van der Waals surface area (Å²) in [5, 5.41) is 3.12. The van der Waals surface area contributed by atoms with Gasteiger partial charge in [0.2, 0.25) is 5.91 Å². The summed E-state index contributed by atoms with van der Waals surface area (Å²) in [6.07, 6.45) is 1.46. The second-order valence-corrected chi connectivity index (χ2v) is 6.98. The van der Waals surface area contributed by atoms with Crippen molar-refractivity contribution in [1.82, 2.24) is 5.32 Å². The van der Waals surface area contributed by atoms with Crippen LogP contribution in [0.4, 0.5) is 0 Å². The molecular formula is C15H28N2O3. The molecule has 116 valence electrons. The zero-order chi connectivity index (χ0) is 15.2. The standard InChI is InChI=1S/C15H28N2O3/c1-6-19-11-9-15(16,13(11,3)4)12(18)17-14(5)7-8-20-10(14)2/h10-11H,6-9,16H2,1-5H3,(H,17,18). The molecular weight excluding hydrogens is 256 g/mol. The van der Waals surface area contributed by atoms with E-state index in [1.807, 2.05) is 34.6 Å². The average molecular weight is 284 g/mol. The Balaban J connectivity index is 2.06. The predicted octanol–water partition coefficient (Wildman–Crippen LogP) is 1.20. The molecule has 2 fully saturated rings. The predicted molar refractivity (Wildman–Crippen MR) is 77.3 cm³/mol. The summed E-state index contributed by atoms with van der Waals surface area (Å²) >= 11 is 0. The van der Waals surface area contributed by atoms with Gasteiger partial charge in [-0.15, -0.1) is 0 Å². The SMILES string of the molecule is CCOC1CC(N)(C(=O)NC2(C)CCOC2C)C1(C)C. The molecule has 5 nitrogen and oxygen atoms in total. The molecule has 0 bridgehead atoms. The van der Waals surface area contributed by atoms with Crippen molar-refractivity contribution in [2.24, 2.45) is 11.1 Å². The van der Waals surface area contributed by atoms with Crippen molar-refractivity contribution in [1.29, 1.82) is 0 Å². The van der Waals surface area contributed by atoms with E-state index in [0.29, 0.717) is 19.6 Å². The van der Waals surface area contributed by atoms with Crippen LogP contribution in [0.25, 0.3) is 0 Å². The fourth-order valence-corrected chi connectivity index (χ4v) is 3.19. The lowest BCUT2D eigenvalue weighted by Gasteiger charge is -2.58. The van der Waals surface area contributed by atoms with Crippen molar-refractivity contribution in [2.75, 3.05) is 13.2 Å². The van der Waals surface area contributed by atoms with Gasteiger partial charge in [0.15, 0.2) is 0 Å². The molecule has 0 spiro atoms. The van der Waals surface area contributed by atoms with Crippen molar-refractivity contribution in [3.63, 3.8) is 0 Å². The third-order valence-electron chi connectivity index (χ3n) is 5.52. The van der Waals surface area contributed by atoms with E-state index in [1.54, 1.807) is 0 Å². The maximum absolute atomic E-state index is 12.7. The minimum absolute atomic E-state index is 0.0147. The van der Waals surface area contributed by atoms with Crippen LogP contribution in [0.2, 0.25) is 0 Å². The number of nitrogens with one attached hydrogen (secondary N) is 1. The van der Waals surface area contributed by atoms with Gasteiger partial charge in [0.25, 0.3) is 0 Å². The molecule has 5 heteroatoms. The van der Waals surface area contributed by atoms with E-state index >= 15 is 0 Å². The van der Waals surface area contributed by atoms with Gasteiger partial charge in [0, 0.05) is 25.0 Å². The molecule has 0 radical (unpaired) electrons. The Morgan fingerprint density at radius 3 is 2.55 bits per heavy atom. The number of amides is 1. The fourth-order valence-electron chi connectivity index (χ4n) is 3.19. The highest BCUT2D eigenvalue weighted by Gasteiger charge is 2.63. The van der Waals surface area contributed by atoms with E-state index in [0.717, 1.165) is 6.42 Å². The molecule has 2 rings (SSSR count). The van der Waals surface area contributed by atoms with Crippen molar-refractivity contribution < 1.29 is 14.3 Å². The largest absolute Gasteiger partial charge is 0.378 e. The van der Waals surface area contributed by atoms with Gasteiger partial charge in [-0.1, -0.05) is 13.8 Å². The van der Waals surface area contributed by atoms with E-state index < -0.39 is 5.54 Å². The summed E-state index contributed by atoms with van der Waals surface area (Å²) < 4.78 is 11.2. The zero-order valence-corrected chi connectivity index (χ0v) is 13.3.